The zero-order valence-corrected chi connectivity index (χ0v) is 4.40. The van der Waals surface area contributed by atoms with Gasteiger partial charge in [0.2, 0.25) is 0 Å². The molecule has 0 aromatic heterocycles. The zero-order chi connectivity index (χ0) is 5.11. The minimum absolute atomic E-state index is 0.0278. The summed E-state index contributed by atoms with van der Waals surface area (Å²) in [6.07, 6.45) is 3.60. The van der Waals surface area contributed by atoms with Gasteiger partial charge in [-0.2, -0.15) is 5.26 Å². The SMILES string of the molecule is N#CC1C=CNS1. The average molecular weight is 112 g/mol. The second-order valence-corrected chi connectivity index (χ2v) is 2.12. The minimum atomic E-state index is 0.0278. The van der Waals surface area contributed by atoms with Crippen molar-refractivity contribution in [3.05, 3.63) is 12.3 Å². The second kappa shape index (κ2) is 1.90. The Morgan fingerprint density at radius 1 is 1.86 bits per heavy atom. The highest BCUT2D eigenvalue weighted by molar-refractivity contribution is 7.98. The van der Waals surface area contributed by atoms with Crippen LogP contribution in [0.5, 0.6) is 0 Å². The molecule has 0 bridgehead atoms. The molecule has 1 unspecified atom stereocenters. The molecule has 36 valence electrons. The van der Waals surface area contributed by atoms with Crippen molar-refractivity contribution in [2.75, 3.05) is 0 Å². The summed E-state index contributed by atoms with van der Waals surface area (Å²) in [4.78, 5) is 0. The maximum absolute atomic E-state index is 8.20. The predicted molar refractivity (Wildman–Crippen MR) is 29.3 cm³/mol. The van der Waals surface area contributed by atoms with Gasteiger partial charge in [0.15, 0.2) is 0 Å². The highest BCUT2D eigenvalue weighted by Crippen LogP contribution is 2.11. The van der Waals surface area contributed by atoms with Crippen LogP contribution in [0.15, 0.2) is 12.3 Å². The summed E-state index contributed by atoms with van der Waals surface area (Å²) in [7, 11) is 0. The van der Waals surface area contributed by atoms with E-state index in [9.17, 15) is 0 Å². The lowest BCUT2D eigenvalue weighted by Crippen LogP contribution is -1.90. The molecule has 1 aliphatic rings. The maximum atomic E-state index is 8.20. The molecular weight excluding hydrogens is 108 g/mol. The monoisotopic (exact) mass is 112 g/mol. The van der Waals surface area contributed by atoms with E-state index < -0.39 is 0 Å². The zero-order valence-electron chi connectivity index (χ0n) is 3.59. The molecule has 0 fully saturated rings. The Morgan fingerprint density at radius 3 is 3.00 bits per heavy atom. The third kappa shape index (κ3) is 0.875. The Kier molecular flexibility index (Phi) is 1.23. The van der Waals surface area contributed by atoms with Gasteiger partial charge in [0.1, 0.15) is 5.25 Å². The van der Waals surface area contributed by atoms with Crippen LogP contribution >= 0.6 is 11.9 Å². The smallest absolute Gasteiger partial charge is 0.131 e. The highest BCUT2D eigenvalue weighted by atomic mass is 32.2. The Morgan fingerprint density at radius 2 is 2.71 bits per heavy atom. The lowest BCUT2D eigenvalue weighted by atomic mass is 10.4. The van der Waals surface area contributed by atoms with E-state index >= 15 is 0 Å². The van der Waals surface area contributed by atoms with Gasteiger partial charge >= 0.3 is 0 Å². The number of nitrogens with one attached hydrogen (secondary N) is 1. The van der Waals surface area contributed by atoms with E-state index in [2.05, 4.69) is 10.8 Å². The molecule has 0 aromatic carbocycles. The van der Waals surface area contributed by atoms with Crippen LogP contribution in [0, 0.1) is 11.3 Å². The van der Waals surface area contributed by atoms with Crippen molar-refractivity contribution in [3.8, 4) is 6.07 Å². The van der Waals surface area contributed by atoms with Crippen LogP contribution in [0.1, 0.15) is 0 Å². The van der Waals surface area contributed by atoms with Crippen LogP contribution in [-0.4, -0.2) is 5.25 Å². The number of nitrogens with zero attached hydrogens (tertiary/aromatic N) is 1. The van der Waals surface area contributed by atoms with Gasteiger partial charge in [0, 0.05) is 6.20 Å². The molecule has 0 saturated carbocycles. The Hall–Kier alpha value is -0.620. The number of rotatable bonds is 0. The van der Waals surface area contributed by atoms with Crippen LogP contribution in [-0.2, 0) is 0 Å². The molecule has 3 heteroatoms. The van der Waals surface area contributed by atoms with Crippen molar-refractivity contribution in [3.63, 3.8) is 0 Å². The largest absolute Gasteiger partial charge is 0.335 e. The molecule has 0 radical (unpaired) electrons. The molecule has 1 heterocycles. The van der Waals surface area contributed by atoms with Gasteiger partial charge in [-0.05, 0) is 18.0 Å². The number of hydrogen-bond acceptors (Lipinski definition) is 3. The molecular formula is C4H4N2S. The highest BCUT2D eigenvalue weighted by Gasteiger charge is 2.05. The molecule has 0 saturated heterocycles. The molecule has 1 atom stereocenters. The van der Waals surface area contributed by atoms with Crippen LogP contribution < -0.4 is 4.72 Å². The molecule has 1 N–H and O–H groups in total. The van der Waals surface area contributed by atoms with Crippen LogP contribution in [0.4, 0.5) is 0 Å². The summed E-state index contributed by atoms with van der Waals surface area (Å²) in [6.45, 7) is 0. The van der Waals surface area contributed by atoms with Crippen molar-refractivity contribution >= 4 is 11.9 Å². The third-order valence-corrected chi connectivity index (χ3v) is 1.45. The minimum Gasteiger partial charge on any atom is -0.335 e. The van der Waals surface area contributed by atoms with E-state index in [1.807, 2.05) is 6.08 Å². The van der Waals surface area contributed by atoms with E-state index in [0.29, 0.717) is 0 Å². The quantitative estimate of drug-likeness (QED) is 0.467. The first-order valence-electron chi connectivity index (χ1n) is 1.91. The maximum Gasteiger partial charge on any atom is 0.131 e. The van der Waals surface area contributed by atoms with Gasteiger partial charge in [-0.3, -0.25) is 0 Å². The molecule has 1 rings (SSSR count). The Labute approximate surface area is 46.3 Å². The van der Waals surface area contributed by atoms with E-state index in [-0.39, 0.29) is 5.25 Å². The van der Waals surface area contributed by atoms with E-state index in [1.165, 1.54) is 11.9 Å². The van der Waals surface area contributed by atoms with E-state index in [1.54, 1.807) is 6.20 Å². The van der Waals surface area contributed by atoms with Crippen LogP contribution in [0.3, 0.4) is 0 Å². The van der Waals surface area contributed by atoms with Crippen LogP contribution in [0.25, 0.3) is 0 Å². The lowest BCUT2D eigenvalue weighted by Gasteiger charge is -1.87. The molecule has 0 amide bonds. The fourth-order valence-corrected chi connectivity index (χ4v) is 0.862. The standard InChI is InChI=1S/C4H4N2S/c5-3-4-1-2-6-7-4/h1-2,4,6H. The van der Waals surface area contributed by atoms with Gasteiger partial charge < -0.3 is 4.72 Å². The summed E-state index contributed by atoms with van der Waals surface area (Å²) in [5, 5.41) is 8.23. The van der Waals surface area contributed by atoms with Gasteiger partial charge in [-0.1, -0.05) is 0 Å². The van der Waals surface area contributed by atoms with Gasteiger partial charge in [0.05, 0.1) is 6.07 Å². The predicted octanol–water partition coefficient (Wildman–Crippen LogP) is 0.644. The number of nitriles is 1. The lowest BCUT2D eigenvalue weighted by molar-refractivity contribution is 1.38. The first-order chi connectivity index (χ1) is 3.43. The Bertz CT molecular complexity index is 124. The summed E-state index contributed by atoms with van der Waals surface area (Å²) in [6, 6.07) is 2.08. The van der Waals surface area contributed by atoms with Gasteiger partial charge in [-0.15, -0.1) is 0 Å². The topological polar surface area (TPSA) is 35.8 Å². The molecule has 0 aliphatic carbocycles. The van der Waals surface area contributed by atoms with Gasteiger partial charge in [0.25, 0.3) is 0 Å². The third-order valence-electron chi connectivity index (χ3n) is 0.661. The Balaban J connectivity index is 2.47. The molecule has 1 aliphatic heterocycles. The molecule has 0 aromatic rings. The summed E-state index contributed by atoms with van der Waals surface area (Å²) in [5.41, 5.74) is 0. The molecule has 7 heavy (non-hydrogen) atoms. The number of hydrogen-bond donors (Lipinski definition) is 1. The van der Waals surface area contributed by atoms with Gasteiger partial charge in [-0.25, -0.2) is 0 Å². The van der Waals surface area contributed by atoms with Crippen molar-refractivity contribution in [2.45, 2.75) is 5.25 Å². The van der Waals surface area contributed by atoms with Crippen molar-refractivity contribution in [2.24, 2.45) is 0 Å². The van der Waals surface area contributed by atoms with Crippen LogP contribution in [0.2, 0.25) is 0 Å². The normalized spacial score (nSPS) is 26.4. The molecule has 2 nitrogen and oxygen atoms in total. The fraction of sp³-hybridized carbons (Fsp3) is 0.250. The second-order valence-electron chi connectivity index (χ2n) is 1.14. The summed E-state index contributed by atoms with van der Waals surface area (Å²) >= 11 is 1.42. The van der Waals surface area contributed by atoms with Crippen molar-refractivity contribution < 1.29 is 0 Å². The van der Waals surface area contributed by atoms with E-state index in [4.69, 9.17) is 5.26 Å². The summed E-state index contributed by atoms with van der Waals surface area (Å²) < 4.78 is 2.84. The molecule has 0 spiro atoms. The van der Waals surface area contributed by atoms with Crippen molar-refractivity contribution in [1.29, 1.82) is 5.26 Å². The average Bonchev–Trinajstić information content (AvgIpc) is 2.14. The first kappa shape index (κ1) is 4.54. The van der Waals surface area contributed by atoms with E-state index in [0.717, 1.165) is 0 Å². The first-order valence-corrected chi connectivity index (χ1v) is 2.79. The van der Waals surface area contributed by atoms with Crippen molar-refractivity contribution in [1.82, 2.24) is 4.72 Å². The summed E-state index contributed by atoms with van der Waals surface area (Å²) in [5.74, 6) is 0. The fourth-order valence-electron chi connectivity index (χ4n) is 0.348.